The van der Waals surface area contributed by atoms with Gasteiger partial charge in [-0.1, -0.05) is 6.92 Å². The Balaban J connectivity index is 2.61. The molecule has 1 aromatic carbocycles. The van der Waals surface area contributed by atoms with Crippen LogP contribution < -0.4 is 15.4 Å². The van der Waals surface area contributed by atoms with Crippen molar-refractivity contribution in [3.05, 3.63) is 22.7 Å². The number of carbonyl (C=O) groups excluding carboxylic acids is 1. The van der Waals surface area contributed by atoms with Crippen molar-refractivity contribution in [3.8, 4) is 5.75 Å². The second kappa shape index (κ2) is 7.87. The van der Waals surface area contributed by atoms with Crippen LogP contribution in [0.15, 0.2) is 22.7 Å². The van der Waals surface area contributed by atoms with Crippen LogP contribution in [0.25, 0.3) is 0 Å². The molecular formula is C14H19BrN2O4. The van der Waals surface area contributed by atoms with Crippen molar-refractivity contribution in [3.63, 3.8) is 0 Å². The van der Waals surface area contributed by atoms with E-state index in [0.29, 0.717) is 17.9 Å². The Hall–Kier alpha value is -1.76. The second-order valence-electron chi connectivity index (χ2n) is 4.83. The average Bonchev–Trinajstić information content (AvgIpc) is 2.39. The summed E-state index contributed by atoms with van der Waals surface area (Å²) in [5, 5.41) is 13.7. The van der Waals surface area contributed by atoms with Gasteiger partial charge in [0.2, 0.25) is 5.91 Å². The van der Waals surface area contributed by atoms with Crippen LogP contribution in [0.1, 0.15) is 20.3 Å². The number of methoxy groups -OCH3 is 1. The van der Waals surface area contributed by atoms with Crippen LogP contribution >= 0.6 is 15.9 Å². The van der Waals surface area contributed by atoms with E-state index in [-0.39, 0.29) is 17.9 Å². The summed E-state index contributed by atoms with van der Waals surface area (Å²) in [6.45, 7) is 3.48. The second-order valence-corrected chi connectivity index (χ2v) is 5.68. The maximum Gasteiger partial charge on any atom is 0.404 e. The highest BCUT2D eigenvalue weighted by Crippen LogP contribution is 2.28. The molecule has 0 aromatic heterocycles. The lowest BCUT2D eigenvalue weighted by molar-refractivity contribution is -0.119. The van der Waals surface area contributed by atoms with Gasteiger partial charge in [0.1, 0.15) is 5.75 Å². The van der Waals surface area contributed by atoms with Crippen LogP contribution in [0.3, 0.4) is 0 Å². The van der Waals surface area contributed by atoms with Crippen LogP contribution in [-0.4, -0.2) is 30.3 Å². The van der Waals surface area contributed by atoms with E-state index in [2.05, 4.69) is 26.6 Å². The zero-order valence-corrected chi connectivity index (χ0v) is 13.7. The van der Waals surface area contributed by atoms with Crippen LogP contribution in [-0.2, 0) is 4.79 Å². The van der Waals surface area contributed by atoms with Crippen molar-refractivity contribution in [2.45, 2.75) is 26.3 Å². The zero-order valence-electron chi connectivity index (χ0n) is 12.1. The molecule has 0 fully saturated rings. The monoisotopic (exact) mass is 358 g/mol. The van der Waals surface area contributed by atoms with Gasteiger partial charge in [-0.25, -0.2) is 4.79 Å². The minimum atomic E-state index is -1.09. The molecule has 0 radical (unpaired) electrons. The van der Waals surface area contributed by atoms with Crippen molar-refractivity contribution in [2.24, 2.45) is 5.92 Å². The first-order valence-corrected chi connectivity index (χ1v) is 7.26. The molecule has 6 nitrogen and oxygen atoms in total. The molecule has 0 saturated carbocycles. The van der Waals surface area contributed by atoms with Crippen LogP contribution in [0.2, 0.25) is 0 Å². The van der Waals surface area contributed by atoms with Crippen LogP contribution in [0.4, 0.5) is 10.5 Å². The molecular weight excluding hydrogens is 340 g/mol. The van der Waals surface area contributed by atoms with Gasteiger partial charge >= 0.3 is 6.09 Å². The summed E-state index contributed by atoms with van der Waals surface area (Å²) < 4.78 is 5.96. The molecule has 0 spiro atoms. The number of nitrogens with one attached hydrogen (secondary N) is 2. The maximum atomic E-state index is 12.1. The minimum absolute atomic E-state index is 0.168. The number of hydrogen-bond donors (Lipinski definition) is 3. The highest BCUT2D eigenvalue weighted by molar-refractivity contribution is 9.10. The number of anilines is 1. The molecule has 0 aliphatic carbocycles. The fraction of sp³-hybridized carbons (Fsp3) is 0.429. The summed E-state index contributed by atoms with van der Waals surface area (Å²) in [6, 6.07) is 4.97. The predicted octanol–water partition coefficient (Wildman–Crippen LogP) is 3.08. The Kier molecular flexibility index (Phi) is 6.48. The smallest absolute Gasteiger partial charge is 0.404 e. The number of benzene rings is 1. The quantitative estimate of drug-likeness (QED) is 0.728. The van der Waals surface area contributed by atoms with E-state index in [1.807, 2.05) is 0 Å². The Labute approximate surface area is 132 Å². The van der Waals surface area contributed by atoms with Crippen LogP contribution in [0, 0.1) is 5.92 Å². The van der Waals surface area contributed by atoms with Gasteiger partial charge in [-0.3, -0.25) is 4.79 Å². The number of ether oxygens (including phenoxy) is 1. The van der Waals surface area contributed by atoms with Crippen molar-refractivity contribution in [1.29, 1.82) is 0 Å². The Morgan fingerprint density at radius 2 is 2.05 bits per heavy atom. The molecule has 2 amide bonds. The SMILES string of the molecule is COc1cc(NC(=O)C(C)CC(C)NC(=O)O)ccc1Br. The fourth-order valence-corrected chi connectivity index (χ4v) is 2.32. The molecule has 2 atom stereocenters. The number of hydrogen-bond acceptors (Lipinski definition) is 3. The summed E-state index contributed by atoms with van der Waals surface area (Å²) in [7, 11) is 1.55. The third-order valence-corrected chi connectivity index (χ3v) is 3.60. The molecule has 1 aromatic rings. The van der Waals surface area contributed by atoms with E-state index < -0.39 is 6.09 Å². The molecule has 0 saturated heterocycles. The van der Waals surface area contributed by atoms with Crippen molar-refractivity contribution in [2.75, 3.05) is 12.4 Å². The highest BCUT2D eigenvalue weighted by Gasteiger charge is 2.18. The summed E-state index contributed by atoms with van der Waals surface area (Å²) in [6.07, 6.45) is -0.668. The molecule has 0 aliphatic heterocycles. The molecule has 3 N–H and O–H groups in total. The Bertz CT molecular complexity index is 522. The zero-order chi connectivity index (χ0) is 16.0. The van der Waals surface area contributed by atoms with Crippen molar-refractivity contribution < 1.29 is 19.4 Å². The van der Waals surface area contributed by atoms with E-state index in [0.717, 1.165) is 4.47 Å². The van der Waals surface area contributed by atoms with Gasteiger partial charge < -0.3 is 20.5 Å². The average molecular weight is 359 g/mol. The first-order valence-electron chi connectivity index (χ1n) is 6.47. The largest absolute Gasteiger partial charge is 0.495 e. The predicted molar refractivity (Wildman–Crippen MR) is 83.7 cm³/mol. The van der Waals surface area contributed by atoms with Gasteiger partial charge in [-0.15, -0.1) is 0 Å². The molecule has 1 rings (SSSR count). The van der Waals surface area contributed by atoms with Gasteiger partial charge in [0.05, 0.1) is 11.6 Å². The standard InChI is InChI=1S/C14H19BrN2O4/c1-8(6-9(2)16-14(19)20)13(18)17-10-4-5-11(15)12(7-10)21-3/h4-5,7-9,16H,6H2,1-3H3,(H,17,18)(H,19,20). The number of carboxylic acid groups (broad SMARTS) is 1. The third-order valence-electron chi connectivity index (χ3n) is 2.94. The van der Waals surface area contributed by atoms with Crippen molar-refractivity contribution >= 4 is 33.6 Å². The maximum absolute atomic E-state index is 12.1. The summed E-state index contributed by atoms with van der Waals surface area (Å²) in [5.41, 5.74) is 0.630. The van der Waals surface area contributed by atoms with E-state index in [9.17, 15) is 9.59 Å². The first-order chi connectivity index (χ1) is 9.83. The highest BCUT2D eigenvalue weighted by atomic mass is 79.9. The number of amides is 2. The Morgan fingerprint density at radius 3 is 2.62 bits per heavy atom. The van der Waals surface area contributed by atoms with E-state index >= 15 is 0 Å². The fourth-order valence-electron chi connectivity index (χ4n) is 1.91. The van der Waals surface area contributed by atoms with Gasteiger partial charge in [-0.05, 0) is 41.4 Å². The van der Waals surface area contributed by atoms with Crippen LogP contribution in [0.5, 0.6) is 5.75 Å². The summed E-state index contributed by atoms with van der Waals surface area (Å²) in [4.78, 5) is 22.6. The van der Waals surface area contributed by atoms with E-state index in [1.165, 1.54) is 0 Å². The summed E-state index contributed by atoms with van der Waals surface area (Å²) >= 11 is 3.34. The lowest BCUT2D eigenvalue weighted by atomic mass is 10.0. The van der Waals surface area contributed by atoms with Gasteiger partial charge in [0.25, 0.3) is 0 Å². The van der Waals surface area contributed by atoms with E-state index in [1.54, 1.807) is 39.2 Å². The normalized spacial score (nSPS) is 13.1. The lowest BCUT2D eigenvalue weighted by Crippen LogP contribution is -2.34. The number of halogens is 1. The molecule has 116 valence electrons. The topological polar surface area (TPSA) is 87.7 Å². The summed E-state index contributed by atoms with van der Waals surface area (Å²) in [5.74, 6) is 0.140. The minimum Gasteiger partial charge on any atom is -0.495 e. The van der Waals surface area contributed by atoms with Gasteiger partial charge in [0.15, 0.2) is 0 Å². The van der Waals surface area contributed by atoms with E-state index in [4.69, 9.17) is 9.84 Å². The molecule has 0 aliphatic rings. The Morgan fingerprint density at radius 1 is 1.38 bits per heavy atom. The lowest BCUT2D eigenvalue weighted by Gasteiger charge is -2.17. The number of carbonyl (C=O) groups is 2. The number of rotatable bonds is 6. The molecule has 21 heavy (non-hydrogen) atoms. The first kappa shape index (κ1) is 17.3. The van der Waals surface area contributed by atoms with Gasteiger partial charge in [-0.2, -0.15) is 0 Å². The van der Waals surface area contributed by atoms with Gasteiger partial charge in [0, 0.05) is 23.7 Å². The molecule has 0 heterocycles. The molecule has 2 unspecified atom stereocenters. The van der Waals surface area contributed by atoms with Crippen molar-refractivity contribution in [1.82, 2.24) is 5.32 Å². The third kappa shape index (κ3) is 5.63. The molecule has 7 heteroatoms. The molecule has 0 bridgehead atoms.